The van der Waals surface area contributed by atoms with Crippen molar-refractivity contribution in [1.29, 1.82) is 0 Å². The van der Waals surface area contributed by atoms with Crippen molar-refractivity contribution < 1.29 is 9.18 Å². The predicted octanol–water partition coefficient (Wildman–Crippen LogP) is 5.14. The van der Waals surface area contributed by atoms with Gasteiger partial charge in [0, 0.05) is 20.6 Å². The summed E-state index contributed by atoms with van der Waals surface area (Å²) in [6.07, 6.45) is 2.80. The molecule has 2 rings (SSSR count). The van der Waals surface area contributed by atoms with Crippen molar-refractivity contribution >= 4 is 39.4 Å². The monoisotopic (exact) mass is 338 g/mol. The normalized spacial score (nSPS) is 10.9. The Morgan fingerprint density at radius 1 is 1.16 bits per heavy atom. The van der Waals surface area contributed by atoms with Gasteiger partial charge in [-0.25, -0.2) is 4.39 Å². The zero-order valence-corrected chi connectivity index (χ0v) is 12.1. The molecule has 0 atom stereocenters. The molecular weight excluding hydrogens is 331 g/mol. The summed E-state index contributed by atoms with van der Waals surface area (Å²) in [5.41, 5.74) is 0.868. The zero-order valence-electron chi connectivity index (χ0n) is 9.74. The van der Waals surface area contributed by atoms with E-state index in [1.807, 2.05) is 0 Å². The lowest BCUT2D eigenvalue weighted by Crippen LogP contribution is -1.93. The highest BCUT2D eigenvalue weighted by Crippen LogP contribution is 2.17. The van der Waals surface area contributed by atoms with Crippen LogP contribution in [0.2, 0.25) is 5.02 Å². The number of hydrogen-bond donors (Lipinski definition) is 0. The zero-order chi connectivity index (χ0) is 13.8. The summed E-state index contributed by atoms with van der Waals surface area (Å²) in [7, 11) is 0. The second-order valence-electron chi connectivity index (χ2n) is 3.87. The molecule has 2 aromatic rings. The van der Waals surface area contributed by atoms with Crippen molar-refractivity contribution in [3.63, 3.8) is 0 Å². The molecule has 0 aliphatic heterocycles. The molecule has 0 aromatic heterocycles. The smallest absolute Gasteiger partial charge is 0.185 e. The van der Waals surface area contributed by atoms with Crippen LogP contribution in [0.4, 0.5) is 4.39 Å². The fourth-order valence-electron chi connectivity index (χ4n) is 1.52. The third-order valence-electron chi connectivity index (χ3n) is 2.50. The Morgan fingerprint density at radius 2 is 1.84 bits per heavy atom. The molecule has 2 aromatic carbocycles. The van der Waals surface area contributed by atoms with Gasteiger partial charge in [-0.15, -0.1) is 0 Å². The average Bonchev–Trinajstić information content (AvgIpc) is 2.40. The molecule has 0 aliphatic carbocycles. The molecule has 96 valence electrons. The first-order chi connectivity index (χ1) is 9.06. The number of benzene rings is 2. The van der Waals surface area contributed by atoms with Gasteiger partial charge in [-0.1, -0.05) is 27.5 Å². The van der Waals surface area contributed by atoms with Gasteiger partial charge in [0.25, 0.3) is 0 Å². The van der Waals surface area contributed by atoms with Gasteiger partial charge in [-0.05, 0) is 54.6 Å². The molecule has 0 bridgehead atoms. The topological polar surface area (TPSA) is 17.1 Å². The van der Waals surface area contributed by atoms with Gasteiger partial charge >= 0.3 is 0 Å². The standard InChI is InChI=1S/C15H9BrClFO/c16-12-4-7-14(18)11(9-12)3-8-15(19)10-1-5-13(17)6-2-10/h1-9H/b8-3+. The summed E-state index contributed by atoms with van der Waals surface area (Å²) in [5, 5.41) is 0.568. The van der Waals surface area contributed by atoms with E-state index in [1.165, 1.54) is 18.2 Å². The van der Waals surface area contributed by atoms with Crippen molar-refractivity contribution in [2.45, 2.75) is 0 Å². The second-order valence-corrected chi connectivity index (χ2v) is 5.22. The molecule has 0 heterocycles. The van der Waals surface area contributed by atoms with Crippen LogP contribution in [0.15, 0.2) is 53.0 Å². The van der Waals surface area contributed by atoms with Gasteiger partial charge < -0.3 is 0 Å². The maximum atomic E-state index is 13.5. The van der Waals surface area contributed by atoms with Crippen LogP contribution in [-0.4, -0.2) is 5.78 Å². The van der Waals surface area contributed by atoms with Crippen LogP contribution in [0.1, 0.15) is 15.9 Å². The molecule has 0 amide bonds. The lowest BCUT2D eigenvalue weighted by atomic mass is 10.1. The molecule has 0 unspecified atom stereocenters. The van der Waals surface area contributed by atoms with Gasteiger partial charge in [-0.2, -0.15) is 0 Å². The second kappa shape index (κ2) is 6.13. The number of rotatable bonds is 3. The Labute approximate surface area is 123 Å². The third-order valence-corrected chi connectivity index (χ3v) is 3.25. The quantitative estimate of drug-likeness (QED) is 0.559. The Bertz CT molecular complexity index is 635. The van der Waals surface area contributed by atoms with Crippen LogP contribution in [0.5, 0.6) is 0 Å². The van der Waals surface area contributed by atoms with Crippen molar-refractivity contribution in [2.75, 3.05) is 0 Å². The highest BCUT2D eigenvalue weighted by atomic mass is 79.9. The minimum atomic E-state index is -0.372. The first-order valence-corrected chi connectivity index (χ1v) is 6.66. The Balaban J connectivity index is 2.20. The Hall–Kier alpha value is -1.45. The molecule has 0 saturated heterocycles. The number of carbonyl (C=O) groups is 1. The van der Waals surface area contributed by atoms with Crippen molar-refractivity contribution in [3.05, 3.63) is 75.0 Å². The first kappa shape index (κ1) is 14.0. The summed E-state index contributed by atoms with van der Waals surface area (Å²) in [4.78, 5) is 11.9. The lowest BCUT2D eigenvalue weighted by Gasteiger charge is -1.98. The van der Waals surface area contributed by atoms with Gasteiger partial charge in [0.2, 0.25) is 0 Å². The summed E-state index contributed by atoms with van der Waals surface area (Å²) in [6, 6.07) is 11.1. The fourth-order valence-corrected chi connectivity index (χ4v) is 2.02. The molecule has 0 saturated carbocycles. The van der Waals surface area contributed by atoms with E-state index in [4.69, 9.17) is 11.6 Å². The van der Waals surface area contributed by atoms with E-state index >= 15 is 0 Å². The average molecular weight is 340 g/mol. The van der Waals surface area contributed by atoms with Crippen LogP contribution >= 0.6 is 27.5 Å². The van der Waals surface area contributed by atoms with Crippen LogP contribution in [0.25, 0.3) is 6.08 Å². The highest BCUT2D eigenvalue weighted by molar-refractivity contribution is 9.10. The maximum absolute atomic E-state index is 13.5. The van der Waals surface area contributed by atoms with Gasteiger partial charge in [-0.3, -0.25) is 4.79 Å². The summed E-state index contributed by atoms with van der Waals surface area (Å²) >= 11 is 9.00. The maximum Gasteiger partial charge on any atom is 0.185 e. The number of halogens is 3. The first-order valence-electron chi connectivity index (χ1n) is 5.49. The molecule has 1 nitrogen and oxygen atoms in total. The number of hydrogen-bond acceptors (Lipinski definition) is 1. The number of ketones is 1. The van der Waals surface area contributed by atoms with Crippen LogP contribution in [0.3, 0.4) is 0 Å². The van der Waals surface area contributed by atoms with E-state index in [0.29, 0.717) is 16.1 Å². The van der Waals surface area contributed by atoms with Crippen molar-refractivity contribution in [3.8, 4) is 0 Å². The molecule has 0 N–H and O–H groups in total. The minimum absolute atomic E-state index is 0.198. The SMILES string of the molecule is O=C(/C=C/c1cc(Br)ccc1F)c1ccc(Cl)cc1. The lowest BCUT2D eigenvalue weighted by molar-refractivity contribution is 0.104. The van der Waals surface area contributed by atoms with Crippen molar-refractivity contribution in [2.24, 2.45) is 0 Å². The third kappa shape index (κ3) is 3.75. The van der Waals surface area contributed by atoms with E-state index < -0.39 is 0 Å². The molecular formula is C15H9BrClFO. The van der Waals surface area contributed by atoms with Gasteiger partial charge in [0.05, 0.1) is 0 Å². The largest absolute Gasteiger partial charge is 0.289 e. The summed E-state index contributed by atoms with van der Waals surface area (Å²) in [6.45, 7) is 0. The van der Waals surface area contributed by atoms with Gasteiger partial charge in [0.15, 0.2) is 5.78 Å². The van der Waals surface area contributed by atoms with Crippen LogP contribution in [-0.2, 0) is 0 Å². The number of allylic oxidation sites excluding steroid dienone is 1. The minimum Gasteiger partial charge on any atom is -0.289 e. The molecule has 0 spiro atoms. The van der Waals surface area contributed by atoms with E-state index in [2.05, 4.69) is 15.9 Å². The highest BCUT2D eigenvalue weighted by Gasteiger charge is 2.03. The van der Waals surface area contributed by atoms with Crippen molar-refractivity contribution in [1.82, 2.24) is 0 Å². The van der Waals surface area contributed by atoms with E-state index in [-0.39, 0.29) is 11.6 Å². The molecule has 0 radical (unpaired) electrons. The van der Waals surface area contributed by atoms with Crippen LogP contribution < -0.4 is 0 Å². The van der Waals surface area contributed by atoms with E-state index in [9.17, 15) is 9.18 Å². The molecule has 4 heteroatoms. The Morgan fingerprint density at radius 3 is 2.53 bits per heavy atom. The van der Waals surface area contributed by atoms with E-state index in [0.717, 1.165) is 4.47 Å². The molecule has 19 heavy (non-hydrogen) atoms. The predicted molar refractivity (Wildman–Crippen MR) is 78.9 cm³/mol. The number of carbonyl (C=O) groups excluding carboxylic acids is 1. The fraction of sp³-hybridized carbons (Fsp3) is 0. The summed E-state index contributed by atoms with van der Waals surface area (Å²) < 4.78 is 14.2. The Kier molecular flexibility index (Phi) is 4.51. The molecule has 0 fully saturated rings. The van der Waals surface area contributed by atoms with Crippen LogP contribution in [0, 0.1) is 5.82 Å². The van der Waals surface area contributed by atoms with E-state index in [1.54, 1.807) is 36.4 Å². The summed E-state index contributed by atoms with van der Waals surface area (Å²) in [5.74, 6) is -0.570. The van der Waals surface area contributed by atoms with Gasteiger partial charge in [0.1, 0.15) is 5.82 Å². The molecule has 0 aliphatic rings.